The molecule has 1 aliphatic heterocycles. The Morgan fingerprint density at radius 1 is 1.12 bits per heavy atom. The highest BCUT2D eigenvalue weighted by Gasteiger charge is 2.23. The lowest BCUT2D eigenvalue weighted by Gasteiger charge is -2.23. The number of benzene rings is 2. The van der Waals surface area contributed by atoms with Crippen LogP contribution in [0.15, 0.2) is 65.0 Å². The molecule has 5 nitrogen and oxygen atoms in total. The van der Waals surface area contributed by atoms with Crippen LogP contribution >= 0.6 is 11.8 Å². The SMILES string of the molecule is C=C(SC(=NCC)c1ccc(-c2ccc(OC)cc2)cc1)C(=O)NCC1CCCN1CC.CC. The maximum atomic E-state index is 12.6. The first-order valence-corrected chi connectivity index (χ1v) is 13.1. The molecule has 1 aliphatic rings. The molecule has 1 saturated heterocycles. The van der Waals surface area contributed by atoms with Crippen LogP contribution in [0.5, 0.6) is 5.75 Å². The molecule has 0 bridgehead atoms. The number of hydrogen-bond donors (Lipinski definition) is 1. The van der Waals surface area contributed by atoms with Crippen LogP contribution in [0.3, 0.4) is 0 Å². The van der Waals surface area contributed by atoms with Crippen molar-refractivity contribution in [2.75, 3.05) is 33.3 Å². The number of methoxy groups -OCH3 is 1. The van der Waals surface area contributed by atoms with Crippen molar-refractivity contribution in [1.82, 2.24) is 10.2 Å². The number of rotatable bonds is 9. The molecular formula is C28H39N3O2S. The van der Waals surface area contributed by atoms with Gasteiger partial charge in [-0.1, -0.05) is 75.5 Å². The van der Waals surface area contributed by atoms with Crippen molar-refractivity contribution in [1.29, 1.82) is 0 Å². The van der Waals surface area contributed by atoms with Gasteiger partial charge in [-0.3, -0.25) is 14.7 Å². The van der Waals surface area contributed by atoms with Gasteiger partial charge in [0.25, 0.3) is 5.91 Å². The Kier molecular flexibility index (Phi) is 11.9. The quantitative estimate of drug-likeness (QED) is 0.271. The van der Waals surface area contributed by atoms with E-state index < -0.39 is 0 Å². The van der Waals surface area contributed by atoms with Crippen molar-refractivity contribution in [2.45, 2.75) is 46.6 Å². The molecule has 1 unspecified atom stereocenters. The molecule has 0 aromatic heterocycles. The number of carbonyl (C=O) groups excluding carboxylic acids is 1. The maximum absolute atomic E-state index is 12.6. The number of carbonyl (C=O) groups is 1. The number of likely N-dealkylation sites (tertiary alicyclic amines) is 1. The van der Waals surface area contributed by atoms with Gasteiger partial charge in [0.05, 0.1) is 12.0 Å². The molecule has 0 aliphatic carbocycles. The normalized spacial score (nSPS) is 15.9. The number of likely N-dealkylation sites (N-methyl/N-ethyl adjacent to an activating group) is 1. The Morgan fingerprint density at radius 3 is 2.29 bits per heavy atom. The summed E-state index contributed by atoms with van der Waals surface area (Å²) < 4.78 is 5.23. The summed E-state index contributed by atoms with van der Waals surface area (Å²) >= 11 is 1.34. The first-order chi connectivity index (χ1) is 16.5. The summed E-state index contributed by atoms with van der Waals surface area (Å²) in [6.45, 7) is 15.6. The fourth-order valence-corrected chi connectivity index (χ4v) is 4.78. The first kappa shape index (κ1) is 27.7. The van der Waals surface area contributed by atoms with Gasteiger partial charge in [-0.25, -0.2) is 0 Å². The number of amides is 1. The van der Waals surface area contributed by atoms with Crippen molar-refractivity contribution in [3.8, 4) is 16.9 Å². The van der Waals surface area contributed by atoms with Gasteiger partial charge in [-0.2, -0.15) is 0 Å². The van der Waals surface area contributed by atoms with Gasteiger partial charge in [0, 0.05) is 24.7 Å². The molecule has 1 fully saturated rings. The van der Waals surface area contributed by atoms with Crippen LogP contribution in [-0.2, 0) is 4.79 Å². The number of ether oxygens (including phenoxy) is 1. The van der Waals surface area contributed by atoms with Crippen LogP contribution in [0.2, 0.25) is 0 Å². The Bertz CT molecular complexity index is 939. The van der Waals surface area contributed by atoms with Crippen molar-refractivity contribution in [3.63, 3.8) is 0 Å². The molecule has 6 heteroatoms. The van der Waals surface area contributed by atoms with Crippen molar-refractivity contribution < 1.29 is 9.53 Å². The molecule has 184 valence electrons. The predicted molar refractivity (Wildman–Crippen MR) is 147 cm³/mol. The second-order valence-corrected chi connectivity index (χ2v) is 8.83. The van der Waals surface area contributed by atoms with Crippen LogP contribution in [-0.4, -0.2) is 55.2 Å². The fraction of sp³-hybridized carbons (Fsp3) is 0.429. The Balaban J connectivity index is 0.00000199. The smallest absolute Gasteiger partial charge is 0.257 e. The van der Waals surface area contributed by atoms with Crippen LogP contribution in [0.1, 0.15) is 46.1 Å². The third kappa shape index (κ3) is 7.74. The van der Waals surface area contributed by atoms with Gasteiger partial charge in [0.1, 0.15) is 10.8 Å². The Hall–Kier alpha value is -2.57. The highest BCUT2D eigenvalue weighted by atomic mass is 32.2. The third-order valence-corrected chi connectivity index (χ3v) is 6.72. The average molecular weight is 482 g/mol. The molecule has 0 spiro atoms. The van der Waals surface area contributed by atoms with E-state index in [1.54, 1.807) is 7.11 Å². The van der Waals surface area contributed by atoms with Crippen molar-refractivity contribution in [2.24, 2.45) is 4.99 Å². The fourth-order valence-electron chi connectivity index (χ4n) is 3.93. The van der Waals surface area contributed by atoms with Crippen LogP contribution in [0.4, 0.5) is 0 Å². The summed E-state index contributed by atoms with van der Waals surface area (Å²) in [6.07, 6.45) is 2.33. The summed E-state index contributed by atoms with van der Waals surface area (Å²) in [7, 11) is 1.67. The zero-order valence-electron chi connectivity index (χ0n) is 21.3. The summed E-state index contributed by atoms with van der Waals surface area (Å²) in [5, 5.41) is 3.87. The van der Waals surface area contributed by atoms with E-state index in [1.165, 1.54) is 18.2 Å². The van der Waals surface area contributed by atoms with Gasteiger partial charge < -0.3 is 10.1 Å². The molecular weight excluding hydrogens is 442 g/mol. The van der Waals surface area contributed by atoms with Crippen LogP contribution < -0.4 is 10.1 Å². The lowest BCUT2D eigenvalue weighted by atomic mass is 10.0. The summed E-state index contributed by atoms with van der Waals surface area (Å²) in [6, 6.07) is 16.7. The van der Waals surface area contributed by atoms with E-state index in [-0.39, 0.29) is 5.91 Å². The Labute approximate surface area is 209 Å². The van der Waals surface area contributed by atoms with E-state index in [0.717, 1.165) is 47.0 Å². The van der Waals surface area contributed by atoms with Gasteiger partial charge in [-0.05, 0) is 56.1 Å². The number of aliphatic imine (C=N–C) groups is 1. The highest BCUT2D eigenvalue weighted by Crippen LogP contribution is 2.26. The van der Waals surface area contributed by atoms with E-state index in [0.29, 0.717) is 24.0 Å². The summed E-state index contributed by atoms with van der Waals surface area (Å²) in [5.74, 6) is 0.725. The van der Waals surface area contributed by atoms with E-state index in [2.05, 4.69) is 40.8 Å². The van der Waals surface area contributed by atoms with Crippen molar-refractivity contribution in [3.05, 3.63) is 65.6 Å². The minimum absolute atomic E-state index is 0.114. The van der Waals surface area contributed by atoms with E-state index >= 15 is 0 Å². The van der Waals surface area contributed by atoms with Crippen LogP contribution in [0, 0.1) is 0 Å². The van der Waals surface area contributed by atoms with E-state index in [1.807, 2.05) is 57.2 Å². The van der Waals surface area contributed by atoms with Gasteiger partial charge in [0.2, 0.25) is 0 Å². The Morgan fingerprint density at radius 2 is 1.74 bits per heavy atom. The molecule has 1 amide bonds. The minimum atomic E-state index is -0.114. The monoisotopic (exact) mass is 481 g/mol. The van der Waals surface area contributed by atoms with E-state index in [4.69, 9.17) is 4.74 Å². The second kappa shape index (κ2) is 14.6. The number of thioether (sulfide) groups is 1. The van der Waals surface area contributed by atoms with Gasteiger partial charge in [0.15, 0.2) is 0 Å². The molecule has 34 heavy (non-hydrogen) atoms. The van der Waals surface area contributed by atoms with Crippen molar-refractivity contribution >= 4 is 22.7 Å². The largest absolute Gasteiger partial charge is 0.497 e. The topological polar surface area (TPSA) is 53.9 Å². The minimum Gasteiger partial charge on any atom is -0.497 e. The van der Waals surface area contributed by atoms with E-state index in [9.17, 15) is 4.79 Å². The number of hydrogen-bond acceptors (Lipinski definition) is 5. The molecule has 1 N–H and O–H groups in total. The lowest BCUT2D eigenvalue weighted by molar-refractivity contribution is -0.117. The summed E-state index contributed by atoms with van der Waals surface area (Å²) in [5.41, 5.74) is 3.22. The molecule has 0 saturated carbocycles. The zero-order valence-corrected chi connectivity index (χ0v) is 22.1. The second-order valence-electron chi connectivity index (χ2n) is 7.75. The lowest BCUT2D eigenvalue weighted by Crippen LogP contribution is -2.40. The maximum Gasteiger partial charge on any atom is 0.257 e. The highest BCUT2D eigenvalue weighted by molar-refractivity contribution is 8.18. The first-order valence-electron chi connectivity index (χ1n) is 12.2. The third-order valence-electron chi connectivity index (χ3n) is 5.73. The van der Waals surface area contributed by atoms with Gasteiger partial charge in [-0.15, -0.1) is 0 Å². The predicted octanol–water partition coefficient (Wildman–Crippen LogP) is 6.00. The van der Waals surface area contributed by atoms with Gasteiger partial charge >= 0.3 is 0 Å². The summed E-state index contributed by atoms with van der Waals surface area (Å²) in [4.78, 5) is 20.2. The number of nitrogens with zero attached hydrogens (tertiary/aromatic N) is 2. The average Bonchev–Trinajstić information content (AvgIpc) is 3.36. The molecule has 1 atom stereocenters. The standard InChI is InChI=1S/C26H33N3O2S.C2H6/c1-5-27-26(32-19(3)25(30)28-18-23-8-7-17-29(23)6-2)22-11-9-20(10-12-22)21-13-15-24(31-4)16-14-21;1-2/h9-16,23H,3,5-8,17-18H2,1-2,4H3,(H,28,30);1-2H3. The molecule has 2 aromatic carbocycles. The molecule has 3 rings (SSSR count). The zero-order chi connectivity index (χ0) is 24.9. The van der Waals surface area contributed by atoms with Crippen LogP contribution in [0.25, 0.3) is 11.1 Å². The molecule has 0 radical (unpaired) electrons. The number of nitrogens with one attached hydrogen (secondary N) is 1. The molecule has 1 heterocycles. The molecule has 2 aromatic rings.